The van der Waals surface area contributed by atoms with Gasteiger partial charge in [0.1, 0.15) is 0 Å². The molecule has 0 saturated heterocycles. The Kier molecular flexibility index (Phi) is 5.28. The molecule has 0 aliphatic carbocycles. The van der Waals surface area contributed by atoms with Gasteiger partial charge in [-0.25, -0.2) is 4.99 Å². The van der Waals surface area contributed by atoms with Crippen molar-refractivity contribution in [2.24, 2.45) is 4.99 Å². The number of rotatable bonds is 4. The molecule has 0 amide bonds. The van der Waals surface area contributed by atoms with E-state index in [-0.39, 0.29) is 4.92 Å². The smallest absolute Gasteiger partial charge is 0.324 e. The summed E-state index contributed by atoms with van der Waals surface area (Å²) in [6.07, 6.45) is 3.04. The first-order valence-corrected chi connectivity index (χ1v) is 8.52. The number of nitro groups is 1. The molecule has 22 heavy (non-hydrogen) atoms. The number of thioether (sulfide) groups is 1. The minimum Gasteiger partial charge on any atom is -0.478 e. The van der Waals surface area contributed by atoms with Crippen LogP contribution < -0.4 is 0 Å². The number of ether oxygens (including phenoxy) is 1. The van der Waals surface area contributed by atoms with Crippen molar-refractivity contribution < 1.29 is 9.66 Å². The molecule has 1 heterocycles. The summed E-state index contributed by atoms with van der Waals surface area (Å²) in [5, 5.41) is 10.8. The highest BCUT2D eigenvalue weighted by atomic mass is 79.9. The second-order valence-corrected chi connectivity index (χ2v) is 7.28. The van der Waals surface area contributed by atoms with Crippen LogP contribution in [0.1, 0.15) is 18.1 Å². The van der Waals surface area contributed by atoms with Gasteiger partial charge >= 0.3 is 4.45 Å². The SMILES string of the molecule is CCOC1=NC(Sc2cccc(C)c2C)C(Br)([N+](=O)[O-])C=C1. The first-order valence-electron chi connectivity index (χ1n) is 6.84. The molecule has 0 aromatic heterocycles. The van der Waals surface area contributed by atoms with E-state index in [1.165, 1.54) is 17.8 Å². The predicted molar refractivity (Wildman–Crippen MR) is 92.4 cm³/mol. The maximum atomic E-state index is 11.5. The summed E-state index contributed by atoms with van der Waals surface area (Å²) in [6.45, 7) is 6.35. The zero-order valence-electron chi connectivity index (χ0n) is 12.6. The van der Waals surface area contributed by atoms with Crippen molar-refractivity contribution in [3.8, 4) is 0 Å². The maximum absolute atomic E-state index is 11.5. The number of hydrogen-bond donors (Lipinski definition) is 0. The Bertz CT molecular complexity index is 648. The average Bonchev–Trinajstić information content (AvgIpc) is 2.47. The van der Waals surface area contributed by atoms with Gasteiger partial charge in [0.2, 0.25) is 5.90 Å². The summed E-state index contributed by atoms with van der Waals surface area (Å²) in [4.78, 5) is 16.5. The zero-order valence-corrected chi connectivity index (χ0v) is 15.0. The largest absolute Gasteiger partial charge is 0.478 e. The van der Waals surface area contributed by atoms with Crippen molar-refractivity contribution in [3.63, 3.8) is 0 Å². The second kappa shape index (κ2) is 6.83. The van der Waals surface area contributed by atoms with E-state index in [1.54, 1.807) is 6.08 Å². The van der Waals surface area contributed by atoms with E-state index in [0.717, 1.165) is 16.0 Å². The second-order valence-electron chi connectivity index (χ2n) is 4.89. The van der Waals surface area contributed by atoms with Gasteiger partial charge in [-0.05, 0) is 38.0 Å². The lowest BCUT2D eigenvalue weighted by molar-refractivity contribution is -0.520. The van der Waals surface area contributed by atoms with Crippen LogP contribution in [0.4, 0.5) is 0 Å². The summed E-state index contributed by atoms with van der Waals surface area (Å²) >= 11 is 4.60. The van der Waals surface area contributed by atoms with Crippen LogP contribution in [-0.2, 0) is 4.74 Å². The quantitative estimate of drug-likeness (QED) is 0.339. The molecule has 1 aliphatic rings. The number of hydrogen-bond acceptors (Lipinski definition) is 5. The van der Waals surface area contributed by atoms with Gasteiger partial charge in [0.05, 0.1) is 6.61 Å². The lowest BCUT2D eigenvalue weighted by Gasteiger charge is -2.26. The number of aliphatic imine (C=N–C) groups is 1. The van der Waals surface area contributed by atoms with E-state index in [4.69, 9.17) is 4.74 Å². The van der Waals surface area contributed by atoms with Crippen LogP contribution in [0.25, 0.3) is 0 Å². The van der Waals surface area contributed by atoms with Gasteiger partial charge in [-0.2, -0.15) is 0 Å². The van der Waals surface area contributed by atoms with Crippen LogP contribution in [-0.4, -0.2) is 27.3 Å². The zero-order chi connectivity index (χ0) is 16.3. The number of halogens is 1. The van der Waals surface area contributed by atoms with Crippen LogP contribution >= 0.6 is 27.7 Å². The molecule has 1 aromatic rings. The molecule has 0 saturated carbocycles. The molecule has 1 aliphatic heterocycles. The minimum absolute atomic E-state index is 0.363. The van der Waals surface area contributed by atoms with Crippen molar-refractivity contribution in [1.29, 1.82) is 0 Å². The summed E-state index contributed by atoms with van der Waals surface area (Å²) in [7, 11) is 0. The number of nitrogens with zero attached hydrogens (tertiary/aromatic N) is 2. The molecule has 0 bridgehead atoms. The van der Waals surface area contributed by atoms with E-state index in [0.29, 0.717) is 12.5 Å². The molecule has 2 atom stereocenters. The Morgan fingerprint density at radius 3 is 2.86 bits per heavy atom. The summed E-state index contributed by atoms with van der Waals surface area (Å²) in [5.41, 5.74) is 2.25. The first-order chi connectivity index (χ1) is 10.4. The molecule has 5 nitrogen and oxygen atoms in total. The molecule has 2 unspecified atom stereocenters. The van der Waals surface area contributed by atoms with E-state index >= 15 is 0 Å². The van der Waals surface area contributed by atoms with Gasteiger partial charge < -0.3 is 4.74 Å². The number of alkyl halides is 1. The molecule has 0 radical (unpaired) electrons. The van der Waals surface area contributed by atoms with Gasteiger partial charge in [0, 0.05) is 37.9 Å². The Hall–Kier alpha value is -1.34. The molecular weight excluding hydrogens is 368 g/mol. The molecule has 118 valence electrons. The molecule has 0 fully saturated rings. The molecule has 0 spiro atoms. The van der Waals surface area contributed by atoms with Gasteiger partial charge in [0.15, 0.2) is 5.37 Å². The van der Waals surface area contributed by atoms with E-state index in [1.807, 2.05) is 39.0 Å². The number of aryl methyl sites for hydroxylation is 1. The standard InChI is InChI=1S/C15H17BrN2O3S/c1-4-21-13-8-9-15(16,18(19)20)14(17-13)22-12-7-5-6-10(2)11(12)3/h5-9,14H,4H2,1-3H3. The van der Waals surface area contributed by atoms with Crippen molar-refractivity contribution in [3.05, 3.63) is 51.6 Å². The molecule has 1 aromatic carbocycles. The summed E-state index contributed by atoms with van der Waals surface area (Å²) in [6, 6.07) is 5.91. The van der Waals surface area contributed by atoms with Gasteiger partial charge in [-0.3, -0.25) is 10.1 Å². The highest BCUT2D eigenvalue weighted by Crippen LogP contribution is 2.41. The third-order valence-corrected chi connectivity index (χ3v) is 6.09. The maximum Gasteiger partial charge on any atom is 0.324 e. The Morgan fingerprint density at radius 1 is 1.50 bits per heavy atom. The fourth-order valence-electron chi connectivity index (χ4n) is 1.99. The van der Waals surface area contributed by atoms with Crippen LogP contribution in [0, 0.1) is 24.0 Å². The first kappa shape index (κ1) is 17.0. The fraction of sp³-hybridized carbons (Fsp3) is 0.400. The Labute approximate surface area is 142 Å². The van der Waals surface area contributed by atoms with Crippen LogP contribution in [0.2, 0.25) is 0 Å². The average molecular weight is 385 g/mol. The third kappa shape index (κ3) is 3.35. The highest BCUT2D eigenvalue weighted by molar-refractivity contribution is 9.10. The number of dihydropyridines is 1. The fourth-order valence-corrected chi connectivity index (χ4v) is 3.72. The topological polar surface area (TPSA) is 64.7 Å². The van der Waals surface area contributed by atoms with Crippen molar-refractivity contribution in [1.82, 2.24) is 0 Å². The van der Waals surface area contributed by atoms with Crippen LogP contribution in [0.5, 0.6) is 0 Å². The number of benzene rings is 1. The van der Waals surface area contributed by atoms with Crippen molar-refractivity contribution in [2.45, 2.75) is 35.5 Å². The molecule has 2 rings (SSSR count). The van der Waals surface area contributed by atoms with Gasteiger partial charge in [0.25, 0.3) is 0 Å². The Morgan fingerprint density at radius 2 is 2.23 bits per heavy atom. The lowest BCUT2D eigenvalue weighted by Crippen LogP contribution is -2.41. The lowest BCUT2D eigenvalue weighted by atomic mass is 10.1. The van der Waals surface area contributed by atoms with Gasteiger partial charge in [-0.15, -0.1) is 0 Å². The third-order valence-electron chi connectivity index (χ3n) is 3.42. The monoisotopic (exact) mass is 384 g/mol. The van der Waals surface area contributed by atoms with Crippen molar-refractivity contribution in [2.75, 3.05) is 6.61 Å². The van der Waals surface area contributed by atoms with Gasteiger partial charge in [-0.1, -0.05) is 23.9 Å². The van der Waals surface area contributed by atoms with E-state index in [2.05, 4.69) is 20.9 Å². The predicted octanol–water partition coefficient (Wildman–Crippen LogP) is 4.09. The summed E-state index contributed by atoms with van der Waals surface area (Å²) in [5.74, 6) is 0.419. The van der Waals surface area contributed by atoms with E-state index < -0.39 is 9.82 Å². The Balaban J connectivity index is 2.36. The van der Waals surface area contributed by atoms with Crippen LogP contribution in [0.3, 0.4) is 0 Å². The molecule has 7 heteroatoms. The van der Waals surface area contributed by atoms with Crippen molar-refractivity contribution >= 4 is 33.6 Å². The normalized spacial score (nSPS) is 24.0. The van der Waals surface area contributed by atoms with E-state index in [9.17, 15) is 10.1 Å². The highest BCUT2D eigenvalue weighted by Gasteiger charge is 2.49. The summed E-state index contributed by atoms with van der Waals surface area (Å²) < 4.78 is 3.95. The molecule has 0 N–H and O–H groups in total. The molecular formula is C15H17BrN2O3S. The minimum atomic E-state index is -1.44. The van der Waals surface area contributed by atoms with Crippen LogP contribution in [0.15, 0.2) is 40.2 Å².